The predicted molar refractivity (Wildman–Crippen MR) is 103 cm³/mol. The van der Waals surface area contributed by atoms with Crippen molar-refractivity contribution in [1.82, 2.24) is 4.98 Å². The normalized spacial score (nSPS) is 15.4. The number of hydrogen-bond acceptors (Lipinski definition) is 5. The highest BCUT2D eigenvalue weighted by Gasteiger charge is 2.39. The summed E-state index contributed by atoms with van der Waals surface area (Å²) in [6.07, 6.45) is 1.23. The molecule has 1 N–H and O–H groups in total. The lowest BCUT2D eigenvalue weighted by atomic mass is 10.2. The van der Waals surface area contributed by atoms with Crippen LogP contribution < -0.4 is 19.7 Å². The fourth-order valence-corrected chi connectivity index (χ4v) is 3.25. The number of rotatable bonds is 5. The number of carbonyl (C=O) groups excluding carboxylic acids is 1. The molecule has 136 valence electrons. The summed E-state index contributed by atoms with van der Waals surface area (Å²) in [5.41, 5.74) is 2.77. The van der Waals surface area contributed by atoms with Crippen molar-refractivity contribution in [3.8, 4) is 11.5 Å². The lowest BCUT2D eigenvalue weighted by Crippen LogP contribution is -2.32. The number of aromatic nitrogens is 1. The molecule has 0 saturated heterocycles. The lowest BCUT2D eigenvalue weighted by molar-refractivity contribution is 0.0993. The minimum Gasteiger partial charge on any atom is -0.497 e. The number of pyridine rings is 1. The minimum absolute atomic E-state index is 0.0938. The summed E-state index contributed by atoms with van der Waals surface area (Å²) in [7, 11) is 3.21. The van der Waals surface area contributed by atoms with Gasteiger partial charge in [0.1, 0.15) is 11.5 Å². The van der Waals surface area contributed by atoms with Gasteiger partial charge in [-0.1, -0.05) is 18.2 Å². The second-order valence-electron chi connectivity index (χ2n) is 6.06. The summed E-state index contributed by atoms with van der Waals surface area (Å²) in [6.45, 7) is 0. The summed E-state index contributed by atoms with van der Waals surface area (Å²) in [5, 5.41) is 3.41. The van der Waals surface area contributed by atoms with Crippen molar-refractivity contribution in [2.24, 2.45) is 0 Å². The van der Waals surface area contributed by atoms with E-state index in [-0.39, 0.29) is 5.91 Å². The van der Waals surface area contributed by atoms with Gasteiger partial charge in [-0.3, -0.25) is 14.7 Å². The molecule has 0 bridgehead atoms. The van der Waals surface area contributed by atoms with Gasteiger partial charge in [-0.2, -0.15) is 0 Å². The van der Waals surface area contributed by atoms with Crippen molar-refractivity contribution in [2.75, 3.05) is 24.4 Å². The van der Waals surface area contributed by atoms with Crippen molar-refractivity contribution in [1.29, 1.82) is 0 Å². The zero-order chi connectivity index (χ0) is 18.8. The van der Waals surface area contributed by atoms with E-state index in [0.29, 0.717) is 28.4 Å². The number of carbonyl (C=O) groups is 1. The third-order valence-corrected chi connectivity index (χ3v) is 4.54. The van der Waals surface area contributed by atoms with Crippen molar-refractivity contribution in [3.05, 3.63) is 78.1 Å². The number of anilines is 2. The number of ether oxygens (including phenoxy) is 2. The zero-order valence-electron chi connectivity index (χ0n) is 15.0. The molecule has 27 heavy (non-hydrogen) atoms. The summed E-state index contributed by atoms with van der Waals surface area (Å²) in [4.78, 5) is 19.2. The maximum atomic E-state index is 13.1. The molecule has 1 aliphatic rings. The summed E-state index contributed by atoms with van der Waals surface area (Å²) in [5.74, 6) is 1.25. The fourth-order valence-electron chi connectivity index (χ4n) is 3.25. The molecule has 6 nitrogen and oxygen atoms in total. The molecule has 1 atom stereocenters. The van der Waals surface area contributed by atoms with Crippen molar-refractivity contribution in [2.45, 2.75) is 6.17 Å². The van der Waals surface area contributed by atoms with Crippen molar-refractivity contribution in [3.63, 3.8) is 0 Å². The molecular formula is C21H19N3O3. The smallest absolute Gasteiger partial charge is 0.262 e. The Labute approximate surface area is 157 Å². The Morgan fingerprint density at radius 2 is 1.81 bits per heavy atom. The molecule has 4 rings (SSSR count). The van der Waals surface area contributed by atoms with Crippen LogP contribution in [0.15, 0.2) is 66.9 Å². The average Bonchev–Trinajstić information content (AvgIpc) is 3.00. The number of methoxy groups -OCH3 is 2. The van der Waals surface area contributed by atoms with Gasteiger partial charge in [0.25, 0.3) is 5.91 Å². The van der Waals surface area contributed by atoms with E-state index in [1.165, 1.54) is 0 Å². The van der Waals surface area contributed by atoms with E-state index < -0.39 is 6.17 Å². The van der Waals surface area contributed by atoms with E-state index in [1.54, 1.807) is 37.4 Å². The van der Waals surface area contributed by atoms with Crippen LogP contribution in [-0.4, -0.2) is 25.1 Å². The Bertz CT molecular complexity index is 975. The average molecular weight is 361 g/mol. The van der Waals surface area contributed by atoms with Gasteiger partial charge in [0, 0.05) is 18.0 Å². The van der Waals surface area contributed by atoms with Crippen molar-refractivity contribution >= 4 is 17.3 Å². The van der Waals surface area contributed by atoms with Gasteiger partial charge in [0.15, 0.2) is 6.17 Å². The van der Waals surface area contributed by atoms with Crippen LogP contribution in [0.5, 0.6) is 11.5 Å². The monoisotopic (exact) mass is 361 g/mol. The van der Waals surface area contributed by atoms with E-state index in [4.69, 9.17) is 9.47 Å². The van der Waals surface area contributed by atoms with Gasteiger partial charge in [-0.15, -0.1) is 0 Å². The van der Waals surface area contributed by atoms with Crippen LogP contribution in [0, 0.1) is 0 Å². The van der Waals surface area contributed by atoms with Gasteiger partial charge >= 0.3 is 0 Å². The van der Waals surface area contributed by atoms with E-state index in [1.807, 2.05) is 48.5 Å². The Kier molecular flexibility index (Phi) is 4.38. The summed E-state index contributed by atoms with van der Waals surface area (Å²) >= 11 is 0. The standard InChI is InChI=1S/C21H19N3O3/c1-26-15-10-11-18(27-2)17(13-15)23-20-19-16(9-6-12-22-19)21(25)24(20)14-7-4-3-5-8-14/h3-13,20,23H,1-2H3. The van der Waals surface area contributed by atoms with Gasteiger partial charge in [0.2, 0.25) is 0 Å². The Balaban J connectivity index is 1.80. The Morgan fingerprint density at radius 3 is 2.56 bits per heavy atom. The molecule has 3 aromatic rings. The number of nitrogens with zero attached hydrogens (tertiary/aromatic N) is 2. The first-order valence-electron chi connectivity index (χ1n) is 8.55. The van der Waals surface area contributed by atoms with E-state index in [9.17, 15) is 4.79 Å². The quantitative estimate of drug-likeness (QED) is 0.747. The molecule has 0 radical (unpaired) electrons. The fraction of sp³-hybridized carbons (Fsp3) is 0.143. The first-order chi connectivity index (χ1) is 13.2. The Morgan fingerprint density at radius 1 is 1.00 bits per heavy atom. The van der Waals surface area contributed by atoms with Crippen LogP contribution in [0.4, 0.5) is 11.4 Å². The SMILES string of the molecule is COc1ccc(OC)c(NC2c3ncccc3C(=O)N2c2ccccc2)c1. The predicted octanol–water partition coefficient (Wildman–Crippen LogP) is 3.87. The number of nitrogens with one attached hydrogen (secondary N) is 1. The molecule has 1 aliphatic heterocycles. The maximum absolute atomic E-state index is 13.1. The molecular weight excluding hydrogens is 342 g/mol. The van der Waals surface area contributed by atoms with E-state index >= 15 is 0 Å². The molecule has 0 aliphatic carbocycles. The second kappa shape index (κ2) is 6.99. The highest BCUT2D eigenvalue weighted by atomic mass is 16.5. The number of benzene rings is 2. The van der Waals surface area contributed by atoms with Gasteiger partial charge in [0.05, 0.1) is 31.2 Å². The molecule has 6 heteroatoms. The number of hydrogen-bond donors (Lipinski definition) is 1. The number of amides is 1. The van der Waals surface area contributed by atoms with Crippen molar-refractivity contribution < 1.29 is 14.3 Å². The van der Waals surface area contributed by atoms with Gasteiger partial charge < -0.3 is 14.8 Å². The Hall–Kier alpha value is -3.54. The number of fused-ring (bicyclic) bond motifs is 1. The molecule has 1 unspecified atom stereocenters. The maximum Gasteiger partial charge on any atom is 0.262 e. The van der Waals surface area contributed by atoms with Gasteiger partial charge in [-0.05, 0) is 36.4 Å². The summed E-state index contributed by atoms with van der Waals surface area (Å²) < 4.78 is 10.8. The molecule has 0 saturated carbocycles. The molecule has 1 amide bonds. The summed E-state index contributed by atoms with van der Waals surface area (Å²) in [6, 6.07) is 18.6. The van der Waals surface area contributed by atoms with Crippen LogP contribution in [0.2, 0.25) is 0 Å². The van der Waals surface area contributed by atoms with Crippen LogP contribution in [0.25, 0.3) is 0 Å². The largest absolute Gasteiger partial charge is 0.497 e. The highest BCUT2D eigenvalue weighted by Crippen LogP contribution is 2.39. The first-order valence-corrected chi connectivity index (χ1v) is 8.55. The molecule has 1 aromatic heterocycles. The lowest BCUT2D eigenvalue weighted by Gasteiger charge is -2.27. The minimum atomic E-state index is -0.461. The number of para-hydroxylation sites is 1. The molecule has 0 spiro atoms. The molecule has 2 heterocycles. The van der Waals surface area contributed by atoms with Crippen LogP contribution in [-0.2, 0) is 0 Å². The third kappa shape index (κ3) is 2.95. The topological polar surface area (TPSA) is 63.7 Å². The van der Waals surface area contributed by atoms with E-state index in [0.717, 1.165) is 5.69 Å². The molecule has 0 fully saturated rings. The zero-order valence-corrected chi connectivity index (χ0v) is 15.0. The van der Waals surface area contributed by atoms with Crippen LogP contribution >= 0.6 is 0 Å². The second-order valence-corrected chi connectivity index (χ2v) is 6.06. The van der Waals surface area contributed by atoms with Crippen LogP contribution in [0.3, 0.4) is 0 Å². The third-order valence-electron chi connectivity index (χ3n) is 4.54. The first kappa shape index (κ1) is 16.9. The molecule has 2 aromatic carbocycles. The highest BCUT2D eigenvalue weighted by molar-refractivity contribution is 6.11. The van der Waals surface area contributed by atoms with Gasteiger partial charge in [-0.25, -0.2) is 0 Å². The van der Waals surface area contributed by atoms with Crippen LogP contribution in [0.1, 0.15) is 22.2 Å². The van der Waals surface area contributed by atoms with E-state index in [2.05, 4.69) is 10.3 Å².